The molecule has 1 fully saturated rings. The molecule has 7 heteroatoms. The molecule has 1 aromatic carbocycles. The SMILES string of the molecule is CN=C(NCc1ccccc1CN(C)Cc1ccco1)NCC1(CCOC)CCC1.I. The van der Waals surface area contributed by atoms with Crippen molar-refractivity contribution in [2.75, 3.05) is 34.4 Å². The number of nitrogens with zero attached hydrogens (tertiary/aromatic N) is 2. The van der Waals surface area contributed by atoms with Gasteiger partial charge in [0.25, 0.3) is 0 Å². The molecule has 0 atom stereocenters. The molecule has 0 amide bonds. The van der Waals surface area contributed by atoms with Crippen LogP contribution in [0.1, 0.15) is 42.6 Å². The van der Waals surface area contributed by atoms with Crippen LogP contribution in [0.3, 0.4) is 0 Å². The molecule has 0 aliphatic heterocycles. The second-order valence-electron chi connectivity index (χ2n) is 8.40. The molecule has 0 unspecified atom stereocenters. The molecule has 1 aliphatic rings. The van der Waals surface area contributed by atoms with Crippen LogP contribution in [0.5, 0.6) is 0 Å². The van der Waals surface area contributed by atoms with E-state index in [1.165, 1.54) is 30.4 Å². The number of benzene rings is 1. The van der Waals surface area contributed by atoms with Crippen LogP contribution in [0.2, 0.25) is 0 Å². The van der Waals surface area contributed by atoms with Gasteiger partial charge in [-0.1, -0.05) is 30.7 Å². The lowest BCUT2D eigenvalue weighted by molar-refractivity contribution is 0.0732. The molecule has 1 aliphatic carbocycles. The Hall–Kier alpha value is -1.58. The zero-order chi connectivity index (χ0) is 21.2. The Morgan fingerprint density at radius 3 is 2.52 bits per heavy atom. The molecule has 0 saturated heterocycles. The Labute approximate surface area is 203 Å². The molecule has 31 heavy (non-hydrogen) atoms. The van der Waals surface area contributed by atoms with Crippen molar-refractivity contribution in [1.82, 2.24) is 15.5 Å². The Morgan fingerprint density at radius 1 is 1.13 bits per heavy atom. The molecule has 1 heterocycles. The summed E-state index contributed by atoms with van der Waals surface area (Å²) in [7, 11) is 5.73. The summed E-state index contributed by atoms with van der Waals surface area (Å²) in [5.74, 6) is 1.84. The maximum absolute atomic E-state index is 5.47. The molecular formula is C24H37IN4O2. The number of methoxy groups -OCH3 is 1. The highest BCUT2D eigenvalue weighted by molar-refractivity contribution is 14.0. The van der Waals surface area contributed by atoms with Crippen LogP contribution in [-0.2, 0) is 24.4 Å². The molecule has 1 saturated carbocycles. The van der Waals surface area contributed by atoms with E-state index in [1.54, 1.807) is 13.4 Å². The van der Waals surface area contributed by atoms with Crippen LogP contribution in [0.25, 0.3) is 0 Å². The average molecular weight is 540 g/mol. The van der Waals surface area contributed by atoms with Gasteiger partial charge in [-0.15, -0.1) is 24.0 Å². The highest BCUT2D eigenvalue weighted by Crippen LogP contribution is 2.43. The van der Waals surface area contributed by atoms with E-state index in [0.29, 0.717) is 5.41 Å². The van der Waals surface area contributed by atoms with Crippen molar-refractivity contribution in [3.63, 3.8) is 0 Å². The maximum atomic E-state index is 5.47. The topological polar surface area (TPSA) is 62.0 Å². The number of halogens is 1. The van der Waals surface area contributed by atoms with Gasteiger partial charge in [0.2, 0.25) is 0 Å². The predicted octanol–water partition coefficient (Wildman–Crippen LogP) is 4.40. The zero-order valence-electron chi connectivity index (χ0n) is 19.0. The average Bonchev–Trinajstić information content (AvgIpc) is 3.23. The van der Waals surface area contributed by atoms with Gasteiger partial charge in [0.15, 0.2) is 5.96 Å². The van der Waals surface area contributed by atoms with Crippen molar-refractivity contribution >= 4 is 29.9 Å². The largest absolute Gasteiger partial charge is 0.468 e. The van der Waals surface area contributed by atoms with Gasteiger partial charge in [0, 0.05) is 40.4 Å². The van der Waals surface area contributed by atoms with Crippen LogP contribution in [0.4, 0.5) is 0 Å². The maximum Gasteiger partial charge on any atom is 0.191 e. The third-order valence-corrected chi connectivity index (χ3v) is 6.12. The van der Waals surface area contributed by atoms with E-state index in [2.05, 4.69) is 51.8 Å². The number of rotatable bonds is 11. The fourth-order valence-electron chi connectivity index (χ4n) is 4.08. The van der Waals surface area contributed by atoms with E-state index in [4.69, 9.17) is 9.15 Å². The van der Waals surface area contributed by atoms with E-state index >= 15 is 0 Å². The van der Waals surface area contributed by atoms with E-state index < -0.39 is 0 Å². The van der Waals surface area contributed by atoms with Gasteiger partial charge >= 0.3 is 0 Å². The number of hydrogen-bond donors (Lipinski definition) is 2. The minimum Gasteiger partial charge on any atom is -0.468 e. The Morgan fingerprint density at radius 2 is 1.90 bits per heavy atom. The zero-order valence-corrected chi connectivity index (χ0v) is 21.4. The lowest BCUT2D eigenvalue weighted by Crippen LogP contribution is -2.46. The number of ether oxygens (including phenoxy) is 1. The molecule has 6 nitrogen and oxygen atoms in total. The smallest absolute Gasteiger partial charge is 0.191 e. The summed E-state index contributed by atoms with van der Waals surface area (Å²) < 4.78 is 10.8. The van der Waals surface area contributed by atoms with Crippen LogP contribution < -0.4 is 10.6 Å². The summed E-state index contributed by atoms with van der Waals surface area (Å²) in [4.78, 5) is 6.69. The molecule has 2 N–H and O–H groups in total. The molecule has 0 bridgehead atoms. The fourth-order valence-corrected chi connectivity index (χ4v) is 4.08. The van der Waals surface area contributed by atoms with Gasteiger partial charge in [-0.3, -0.25) is 9.89 Å². The number of hydrogen-bond acceptors (Lipinski definition) is 4. The minimum atomic E-state index is 0. The van der Waals surface area contributed by atoms with E-state index in [-0.39, 0.29) is 24.0 Å². The Bertz CT molecular complexity index is 791. The third kappa shape index (κ3) is 7.80. The van der Waals surface area contributed by atoms with E-state index in [1.807, 2.05) is 19.2 Å². The second-order valence-corrected chi connectivity index (χ2v) is 8.40. The van der Waals surface area contributed by atoms with Gasteiger partial charge < -0.3 is 19.8 Å². The number of aliphatic imine (C=N–C) groups is 1. The first-order valence-corrected chi connectivity index (χ1v) is 10.9. The fraction of sp³-hybridized carbons (Fsp3) is 0.542. The highest BCUT2D eigenvalue weighted by atomic mass is 127. The predicted molar refractivity (Wildman–Crippen MR) is 137 cm³/mol. The van der Waals surface area contributed by atoms with Crippen molar-refractivity contribution in [3.8, 4) is 0 Å². The van der Waals surface area contributed by atoms with E-state index in [9.17, 15) is 0 Å². The monoisotopic (exact) mass is 540 g/mol. The first-order valence-electron chi connectivity index (χ1n) is 10.9. The van der Waals surface area contributed by atoms with Gasteiger partial charge in [-0.2, -0.15) is 0 Å². The van der Waals surface area contributed by atoms with E-state index in [0.717, 1.165) is 50.9 Å². The van der Waals surface area contributed by atoms with Gasteiger partial charge in [0.05, 0.1) is 12.8 Å². The lowest BCUT2D eigenvalue weighted by Gasteiger charge is -2.42. The Balaban J connectivity index is 0.00000341. The third-order valence-electron chi connectivity index (χ3n) is 6.12. The first-order chi connectivity index (χ1) is 14.6. The molecule has 3 rings (SSSR count). The normalized spacial score (nSPS) is 15.3. The van der Waals surface area contributed by atoms with Crippen molar-refractivity contribution < 1.29 is 9.15 Å². The highest BCUT2D eigenvalue weighted by Gasteiger charge is 2.36. The van der Waals surface area contributed by atoms with Gasteiger partial charge in [-0.05, 0) is 55.0 Å². The number of furan rings is 1. The van der Waals surface area contributed by atoms with Crippen LogP contribution >= 0.6 is 24.0 Å². The summed E-state index contributed by atoms with van der Waals surface area (Å²) in [6, 6.07) is 12.5. The number of nitrogens with one attached hydrogen (secondary N) is 2. The first kappa shape index (κ1) is 25.7. The summed E-state index contributed by atoms with van der Waals surface area (Å²) >= 11 is 0. The second kappa shape index (κ2) is 13.1. The lowest BCUT2D eigenvalue weighted by atomic mass is 9.67. The quantitative estimate of drug-likeness (QED) is 0.252. The van der Waals surface area contributed by atoms with Crippen molar-refractivity contribution in [1.29, 1.82) is 0 Å². The standard InChI is InChI=1S/C24H36N4O2.HI/c1-25-23(27-19-24(11-7-12-24)13-15-29-3)26-16-20-8-4-5-9-21(20)17-28(2)18-22-10-6-14-30-22;/h4-6,8-10,14H,7,11-13,15-19H2,1-3H3,(H2,25,26,27);1H. The van der Waals surface area contributed by atoms with Crippen LogP contribution in [-0.4, -0.2) is 45.2 Å². The summed E-state index contributed by atoms with van der Waals surface area (Å²) in [6.07, 6.45) is 6.69. The minimum absolute atomic E-state index is 0. The van der Waals surface area contributed by atoms with Gasteiger partial charge in [0.1, 0.15) is 5.76 Å². The summed E-state index contributed by atoms with van der Waals surface area (Å²) in [6.45, 7) is 4.18. The Kier molecular flexibility index (Phi) is 10.8. The molecule has 1 aromatic heterocycles. The van der Waals surface area contributed by atoms with Crippen molar-refractivity contribution in [3.05, 3.63) is 59.5 Å². The number of guanidine groups is 1. The molecule has 0 spiro atoms. The van der Waals surface area contributed by atoms with Gasteiger partial charge in [-0.25, -0.2) is 0 Å². The molecular weight excluding hydrogens is 503 g/mol. The van der Waals surface area contributed by atoms with Crippen LogP contribution in [0.15, 0.2) is 52.1 Å². The molecule has 2 aromatic rings. The summed E-state index contributed by atoms with van der Waals surface area (Å²) in [5, 5.41) is 7.03. The molecule has 172 valence electrons. The van der Waals surface area contributed by atoms with Crippen molar-refractivity contribution in [2.45, 2.75) is 45.3 Å². The van der Waals surface area contributed by atoms with Crippen LogP contribution in [0, 0.1) is 5.41 Å². The summed E-state index contributed by atoms with van der Waals surface area (Å²) in [5.41, 5.74) is 2.95. The van der Waals surface area contributed by atoms with Crippen molar-refractivity contribution in [2.24, 2.45) is 10.4 Å². The molecule has 0 radical (unpaired) electrons.